The van der Waals surface area contributed by atoms with E-state index in [9.17, 15) is 0 Å². The molecule has 1 aromatic carbocycles. The third-order valence-corrected chi connectivity index (χ3v) is 4.54. The summed E-state index contributed by atoms with van der Waals surface area (Å²) in [6.45, 7) is 4.23. The maximum Gasteiger partial charge on any atom is 0.0809 e. The Hall–Kier alpha value is -1.75. The lowest BCUT2D eigenvalue weighted by Crippen LogP contribution is -2.29. The number of pyridine rings is 1. The van der Waals surface area contributed by atoms with Gasteiger partial charge in [-0.15, -0.1) is 11.3 Å². The Kier molecular flexibility index (Phi) is 3.53. The van der Waals surface area contributed by atoms with Gasteiger partial charge in [-0.3, -0.25) is 10.8 Å². The molecule has 0 aliphatic carbocycles. The van der Waals surface area contributed by atoms with Gasteiger partial charge in [0.2, 0.25) is 0 Å². The smallest absolute Gasteiger partial charge is 0.0809 e. The third-order valence-electron chi connectivity index (χ3n) is 3.69. The average Bonchev–Trinajstić information content (AvgIpc) is 2.91. The van der Waals surface area contributed by atoms with Gasteiger partial charge >= 0.3 is 0 Å². The zero-order valence-electron chi connectivity index (χ0n) is 11.6. The van der Waals surface area contributed by atoms with Crippen LogP contribution in [-0.2, 0) is 0 Å². The lowest BCUT2D eigenvalue weighted by atomic mass is 9.97. The van der Waals surface area contributed by atoms with Crippen molar-refractivity contribution in [3.8, 4) is 0 Å². The van der Waals surface area contributed by atoms with Crippen LogP contribution in [-0.4, -0.2) is 4.98 Å². The van der Waals surface area contributed by atoms with Gasteiger partial charge in [0.25, 0.3) is 0 Å². The number of nitrogens with one attached hydrogen (secondary N) is 1. The van der Waals surface area contributed by atoms with Gasteiger partial charge < -0.3 is 0 Å². The number of aryl methyl sites for hydroxylation is 2. The van der Waals surface area contributed by atoms with E-state index in [1.54, 1.807) is 11.3 Å². The van der Waals surface area contributed by atoms with Gasteiger partial charge in [-0.25, -0.2) is 5.43 Å². The quantitative estimate of drug-likeness (QED) is 0.571. The molecular formula is C16H17N3S. The molecule has 0 fully saturated rings. The summed E-state index contributed by atoms with van der Waals surface area (Å²) in [4.78, 5) is 4.49. The van der Waals surface area contributed by atoms with E-state index in [2.05, 4.69) is 53.9 Å². The second-order valence-electron chi connectivity index (χ2n) is 5.02. The fourth-order valence-electron chi connectivity index (χ4n) is 2.35. The molecule has 3 nitrogen and oxygen atoms in total. The first-order chi connectivity index (χ1) is 9.69. The minimum absolute atomic E-state index is 0.0340. The summed E-state index contributed by atoms with van der Waals surface area (Å²) >= 11 is 1.70. The largest absolute Gasteiger partial charge is 0.271 e. The molecule has 3 rings (SSSR count). The lowest BCUT2D eigenvalue weighted by Gasteiger charge is -2.17. The van der Waals surface area contributed by atoms with Crippen molar-refractivity contribution >= 4 is 21.6 Å². The van der Waals surface area contributed by atoms with Crippen LogP contribution < -0.4 is 11.3 Å². The molecule has 0 spiro atoms. The van der Waals surface area contributed by atoms with Crippen LogP contribution in [0.25, 0.3) is 10.2 Å². The molecule has 0 aliphatic rings. The predicted octanol–water partition coefficient (Wildman–Crippen LogP) is 3.47. The van der Waals surface area contributed by atoms with Crippen molar-refractivity contribution in [2.24, 2.45) is 5.84 Å². The van der Waals surface area contributed by atoms with Crippen LogP contribution in [0.1, 0.15) is 28.3 Å². The normalized spacial score (nSPS) is 12.8. The molecule has 2 aromatic heterocycles. The Morgan fingerprint density at radius 2 is 1.95 bits per heavy atom. The minimum atomic E-state index is -0.0340. The van der Waals surface area contributed by atoms with Crippen LogP contribution >= 0.6 is 11.3 Å². The minimum Gasteiger partial charge on any atom is -0.271 e. The maximum atomic E-state index is 5.77. The highest BCUT2D eigenvalue weighted by Crippen LogP contribution is 2.27. The second-order valence-corrected chi connectivity index (χ2v) is 5.96. The van der Waals surface area contributed by atoms with E-state index in [4.69, 9.17) is 5.84 Å². The highest BCUT2D eigenvalue weighted by atomic mass is 32.1. The van der Waals surface area contributed by atoms with Gasteiger partial charge in [-0.2, -0.15) is 0 Å². The van der Waals surface area contributed by atoms with Crippen molar-refractivity contribution in [3.05, 3.63) is 64.2 Å². The summed E-state index contributed by atoms with van der Waals surface area (Å²) in [5.41, 5.74) is 8.75. The Balaban J connectivity index is 2.05. The summed E-state index contributed by atoms with van der Waals surface area (Å²) < 4.78 is 1.19. The molecule has 0 saturated carbocycles. The molecule has 0 bridgehead atoms. The molecule has 1 atom stereocenters. The zero-order valence-corrected chi connectivity index (χ0v) is 12.4. The van der Waals surface area contributed by atoms with Crippen LogP contribution in [0.3, 0.4) is 0 Å². The Morgan fingerprint density at radius 1 is 1.10 bits per heavy atom. The Bertz CT molecular complexity index is 748. The molecule has 0 radical (unpaired) electrons. The van der Waals surface area contributed by atoms with E-state index < -0.39 is 0 Å². The molecular weight excluding hydrogens is 266 g/mol. The zero-order chi connectivity index (χ0) is 14.1. The first-order valence-electron chi connectivity index (χ1n) is 6.55. The molecule has 0 amide bonds. The van der Waals surface area contributed by atoms with Crippen LogP contribution in [0.2, 0.25) is 0 Å². The summed E-state index contributed by atoms with van der Waals surface area (Å²) in [6.07, 6.45) is 1.90. The lowest BCUT2D eigenvalue weighted by molar-refractivity contribution is 0.635. The molecule has 0 saturated heterocycles. The first-order valence-corrected chi connectivity index (χ1v) is 7.43. The number of hydrazine groups is 1. The number of rotatable bonds is 3. The van der Waals surface area contributed by atoms with Crippen LogP contribution in [0.5, 0.6) is 0 Å². The number of aromatic nitrogens is 1. The van der Waals surface area contributed by atoms with Crippen LogP contribution in [0, 0.1) is 13.8 Å². The maximum absolute atomic E-state index is 5.77. The molecule has 0 aliphatic heterocycles. The Labute approximate surface area is 122 Å². The average molecular weight is 283 g/mol. The SMILES string of the molecule is Cc1ccc(C(NN)c2cnc3ccsc3c2)cc1C. The summed E-state index contributed by atoms with van der Waals surface area (Å²) in [5.74, 6) is 5.77. The third kappa shape index (κ3) is 2.33. The standard InChI is InChI=1S/C16H17N3S/c1-10-3-4-12(7-11(10)2)16(19-17)13-8-15-14(18-9-13)5-6-20-15/h3-9,16,19H,17H2,1-2H3. The van der Waals surface area contributed by atoms with Crippen molar-refractivity contribution in [3.63, 3.8) is 0 Å². The number of benzene rings is 1. The van der Waals surface area contributed by atoms with Gasteiger partial charge in [-0.1, -0.05) is 18.2 Å². The van der Waals surface area contributed by atoms with Crippen LogP contribution in [0.15, 0.2) is 41.9 Å². The highest BCUT2D eigenvalue weighted by Gasteiger charge is 2.14. The number of hydrogen-bond acceptors (Lipinski definition) is 4. The van der Waals surface area contributed by atoms with Gasteiger partial charge in [-0.05, 0) is 53.6 Å². The van der Waals surface area contributed by atoms with E-state index in [-0.39, 0.29) is 6.04 Å². The molecule has 3 N–H and O–H groups in total. The highest BCUT2D eigenvalue weighted by molar-refractivity contribution is 7.17. The molecule has 2 heterocycles. The van der Waals surface area contributed by atoms with Crippen molar-refractivity contribution < 1.29 is 0 Å². The Morgan fingerprint density at radius 3 is 2.70 bits per heavy atom. The first kappa shape index (κ1) is 13.2. The van der Waals surface area contributed by atoms with Gasteiger partial charge in [0, 0.05) is 6.20 Å². The summed E-state index contributed by atoms with van der Waals surface area (Å²) in [6, 6.07) is 10.6. The van der Waals surface area contributed by atoms with E-state index in [0.29, 0.717) is 0 Å². The number of fused-ring (bicyclic) bond motifs is 1. The second kappa shape index (κ2) is 5.32. The number of nitrogens with zero attached hydrogens (tertiary/aromatic N) is 1. The number of nitrogens with two attached hydrogens (primary N) is 1. The molecule has 1 unspecified atom stereocenters. The van der Waals surface area contributed by atoms with E-state index in [1.165, 1.54) is 15.8 Å². The van der Waals surface area contributed by atoms with Gasteiger partial charge in [0.05, 0.1) is 16.3 Å². The van der Waals surface area contributed by atoms with Crippen molar-refractivity contribution in [1.29, 1.82) is 0 Å². The molecule has 20 heavy (non-hydrogen) atoms. The summed E-state index contributed by atoms with van der Waals surface area (Å²) in [7, 11) is 0. The molecule has 102 valence electrons. The van der Waals surface area contributed by atoms with E-state index >= 15 is 0 Å². The number of hydrogen-bond donors (Lipinski definition) is 2. The monoisotopic (exact) mass is 283 g/mol. The van der Waals surface area contributed by atoms with Crippen LogP contribution in [0.4, 0.5) is 0 Å². The number of thiophene rings is 1. The fraction of sp³-hybridized carbons (Fsp3) is 0.188. The predicted molar refractivity (Wildman–Crippen MR) is 84.7 cm³/mol. The van der Waals surface area contributed by atoms with Crippen molar-refractivity contribution in [2.45, 2.75) is 19.9 Å². The van der Waals surface area contributed by atoms with E-state index in [0.717, 1.165) is 16.6 Å². The van der Waals surface area contributed by atoms with Crippen molar-refractivity contribution in [2.75, 3.05) is 0 Å². The fourth-order valence-corrected chi connectivity index (χ4v) is 3.14. The topological polar surface area (TPSA) is 50.9 Å². The summed E-state index contributed by atoms with van der Waals surface area (Å²) in [5, 5.41) is 2.06. The van der Waals surface area contributed by atoms with Gasteiger partial charge in [0.15, 0.2) is 0 Å². The molecule has 3 aromatic rings. The van der Waals surface area contributed by atoms with Crippen molar-refractivity contribution in [1.82, 2.24) is 10.4 Å². The molecule has 4 heteroatoms. The van der Waals surface area contributed by atoms with E-state index in [1.807, 2.05) is 12.3 Å². The van der Waals surface area contributed by atoms with Gasteiger partial charge in [0.1, 0.15) is 0 Å².